The van der Waals surface area contributed by atoms with Crippen LogP contribution >= 0.6 is 22.9 Å². The van der Waals surface area contributed by atoms with Gasteiger partial charge >= 0.3 is 0 Å². The molecule has 0 radical (unpaired) electrons. The van der Waals surface area contributed by atoms with E-state index in [9.17, 15) is 9.18 Å². The third kappa shape index (κ3) is 3.28. The first-order valence-corrected chi connectivity index (χ1v) is 8.17. The van der Waals surface area contributed by atoms with E-state index in [-0.39, 0.29) is 10.9 Å². The summed E-state index contributed by atoms with van der Waals surface area (Å²) < 4.78 is 15.0. The Labute approximate surface area is 141 Å². The van der Waals surface area contributed by atoms with Gasteiger partial charge in [-0.15, -0.1) is 11.3 Å². The second kappa shape index (κ2) is 6.52. The van der Waals surface area contributed by atoms with Gasteiger partial charge in [-0.05, 0) is 36.8 Å². The second-order valence-corrected chi connectivity index (χ2v) is 6.26. The first-order chi connectivity index (χ1) is 11.1. The summed E-state index contributed by atoms with van der Waals surface area (Å²) in [4.78, 5) is 17.8. The van der Waals surface area contributed by atoms with Gasteiger partial charge in [0.25, 0.3) is 5.91 Å². The zero-order chi connectivity index (χ0) is 16.4. The number of nitrogens with zero attached hydrogens (tertiary/aromatic N) is 2. The first-order valence-electron chi connectivity index (χ1n) is 6.98. The van der Waals surface area contributed by atoms with Crippen molar-refractivity contribution in [1.29, 1.82) is 0 Å². The van der Waals surface area contributed by atoms with Crippen molar-refractivity contribution in [3.05, 3.63) is 64.1 Å². The normalized spacial score (nSPS) is 10.7. The Balaban J connectivity index is 1.88. The Morgan fingerprint density at radius 1 is 1.39 bits per heavy atom. The van der Waals surface area contributed by atoms with Crippen molar-refractivity contribution in [1.82, 2.24) is 9.55 Å². The fourth-order valence-electron chi connectivity index (χ4n) is 2.09. The highest BCUT2D eigenvalue weighted by Gasteiger charge is 2.18. The number of halogens is 2. The summed E-state index contributed by atoms with van der Waals surface area (Å²) in [6.45, 7) is 1.97. The van der Waals surface area contributed by atoms with Crippen LogP contribution in [0.15, 0.2) is 42.7 Å². The fourth-order valence-corrected chi connectivity index (χ4v) is 3.24. The molecule has 23 heavy (non-hydrogen) atoms. The Morgan fingerprint density at radius 3 is 2.78 bits per heavy atom. The van der Waals surface area contributed by atoms with Gasteiger partial charge in [0.1, 0.15) is 11.5 Å². The Hall–Kier alpha value is -2.18. The summed E-state index contributed by atoms with van der Waals surface area (Å²) in [6.07, 6.45) is 4.45. The average Bonchev–Trinajstić information content (AvgIpc) is 3.19. The SMILES string of the molecule is CCc1sc(-n2cccc2)nc1C(=O)Nc1ccc(F)c(Cl)c1. The molecular weight excluding hydrogens is 337 g/mol. The third-order valence-electron chi connectivity index (χ3n) is 3.23. The summed E-state index contributed by atoms with van der Waals surface area (Å²) in [5.41, 5.74) is 0.806. The number of carbonyl (C=O) groups excluding carboxylic acids is 1. The smallest absolute Gasteiger partial charge is 0.275 e. The van der Waals surface area contributed by atoms with Gasteiger partial charge in [0, 0.05) is 23.0 Å². The van der Waals surface area contributed by atoms with E-state index in [0.29, 0.717) is 17.8 Å². The molecule has 0 spiro atoms. The number of aryl methyl sites for hydroxylation is 1. The number of amides is 1. The molecule has 0 saturated carbocycles. The van der Waals surface area contributed by atoms with Crippen LogP contribution in [0.2, 0.25) is 5.02 Å². The molecule has 7 heteroatoms. The molecule has 1 aromatic carbocycles. The number of aromatic nitrogens is 2. The Morgan fingerprint density at radius 2 is 2.13 bits per heavy atom. The molecule has 2 aromatic heterocycles. The number of benzene rings is 1. The van der Waals surface area contributed by atoms with Crippen molar-refractivity contribution < 1.29 is 9.18 Å². The lowest BCUT2D eigenvalue weighted by molar-refractivity contribution is 0.102. The summed E-state index contributed by atoms with van der Waals surface area (Å²) >= 11 is 7.20. The quantitative estimate of drug-likeness (QED) is 0.751. The van der Waals surface area contributed by atoms with E-state index in [1.165, 1.54) is 29.5 Å². The Kier molecular flexibility index (Phi) is 4.45. The van der Waals surface area contributed by atoms with E-state index in [1.54, 1.807) is 0 Å². The lowest BCUT2D eigenvalue weighted by Gasteiger charge is -2.05. The molecule has 1 N–H and O–H groups in total. The van der Waals surface area contributed by atoms with Crippen LogP contribution in [-0.4, -0.2) is 15.5 Å². The monoisotopic (exact) mass is 349 g/mol. The molecule has 0 aliphatic heterocycles. The molecule has 118 valence electrons. The van der Waals surface area contributed by atoms with Gasteiger partial charge in [-0.3, -0.25) is 4.79 Å². The topological polar surface area (TPSA) is 46.9 Å². The maximum Gasteiger partial charge on any atom is 0.275 e. The molecule has 2 heterocycles. The van der Waals surface area contributed by atoms with E-state index in [1.807, 2.05) is 36.0 Å². The van der Waals surface area contributed by atoms with E-state index in [4.69, 9.17) is 11.6 Å². The number of nitrogens with one attached hydrogen (secondary N) is 1. The number of thiazole rings is 1. The number of carbonyl (C=O) groups is 1. The predicted molar refractivity (Wildman–Crippen MR) is 90.2 cm³/mol. The molecule has 0 bridgehead atoms. The molecule has 3 aromatic rings. The molecule has 0 saturated heterocycles. The number of hydrogen-bond donors (Lipinski definition) is 1. The van der Waals surface area contributed by atoms with Crippen LogP contribution in [0, 0.1) is 5.82 Å². The van der Waals surface area contributed by atoms with Crippen LogP contribution in [0.3, 0.4) is 0 Å². The van der Waals surface area contributed by atoms with E-state index in [0.717, 1.165) is 10.0 Å². The molecular formula is C16H13ClFN3OS. The largest absolute Gasteiger partial charge is 0.321 e. The molecule has 3 rings (SSSR count). The van der Waals surface area contributed by atoms with Crippen molar-refractivity contribution in [2.24, 2.45) is 0 Å². The van der Waals surface area contributed by atoms with Crippen LogP contribution < -0.4 is 5.32 Å². The third-order valence-corrected chi connectivity index (χ3v) is 4.73. The number of anilines is 1. The highest BCUT2D eigenvalue weighted by molar-refractivity contribution is 7.14. The van der Waals surface area contributed by atoms with Crippen LogP contribution in [0.1, 0.15) is 22.3 Å². The van der Waals surface area contributed by atoms with Gasteiger partial charge in [0.2, 0.25) is 0 Å². The summed E-state index contributed by atoms with van der Waals surface area (Å²) in [5, 5.41) is 3.40. The lowest BCUT2D eigenvalue weighted by atomic mass is 10.2. The van der Waals surface area contributed by atoms with E-state index in [2.05, 4.69) is 10.3 Å². The predicted octanol–water partition coefficient (Wildman–Crippen LogP) is 4.54. The van der Waals surface area contributed by atoms with E-state index >= 15 is 0 Å². The van der Waals surface area contributed by atoms with Crippen molar-refractivity contribution in [3.8, 4) is 5.13 Å². The maximum absolute atomic E-state index is 13.2. The van der Waals surface area contributed by atoms with Gasteiger partial charge in [-0.25, -0.2) is 9.37 Å². The van der Waals surface area contributed by atoms with Crippen molar-refractivity contribution in [3.63, 3.8) is 0 Å². The van der Waals surface area contributed by atoms with Crippen LogP contribution in [-0.2, 0) is 6.42 Å². The van der Waals surface area contributed by atoms with Gasteiger partial charge in [-0.2, -0.15) is 0 Å². The standard InChI is InChI=1S/C16H13ClFN3OS/c1-2-13-14(20-16(23-13)21-7-3-4-8-21)15(22)19-10-5-6-12(18)11(17)9-10/h3-9H,2H2,1H3,(H,19,22). The van der Waals surface area contributed by atoms with Crippen LogP contribution in [0.4, 0.5) is 10.1 Å². The van der Waals surface area contributed by atoms with Gasteiger partial charge in [-0.1, -0.05) is 18.5 Å². The number of hydrogen-bond acceptors (Lipinski definition) is 3. The van der Waals surface area contributed by atoms with Crippen molar-refractivity contribution in [2.75, 3.05) is 5.32 Å². The fraction of sp³-hybridized carbons (Fsp3) is 0.125. The van der Waals surface area contributed by atoms with Crippen LogP contribution in [0.25, 0.3) is 5.13 Å². The molecule has 0 aliphatic carbocycles. The molecule has 0 atom stereocenters. The summed E-state index contributed by atoms with van der Waals surface area (Å²) in [6, 6.07) is 7.84. The summed E-state index contributed by atoms with van der Waals surface area (Å²) in [7, 11) is 0. The molecule has 0 fully saturated rings. The minimum atomic E-state index is -0.525. The van der Waals surface area contributed by atoms with Gasteiger partial charge in [0.15, 0.2) is 5.13 Å². The molecule has 0 aliphatic rings. The summed E-state index contributed by atoms with van der Waals surface area (Å²) in [5.74, 6) is -0.860. The minimum absolute atomic E-state index is 0.0372. The van der Waals surface area contributed by atoms with Crippen LogP contribution in [0.5, 0.6) is 0 Å². The zero-order valence-electron chi connectivity index (χ0n) is 12.2. The molecule has 4 nitrogen and oxygen atoms in total. The maximum atomic E-state index is 13.2. The zero-order valence-corrected chi connectivity index (χ0v) is 13.8. The van der Waals surface area contributed by atoms with Gasteiger partial charge in [0.05, 0.1) is 5.02 Å². The average molecular weight is 350 g/mol. The van der Waals surface area contributed by atoms with Crippen molar-refractivity contribution >= 4 is 34.5 Å². The first kappa shape index (κ1) is 15.7. The van der Waals surface area contributed by atoms with Crippen molar-refractivity contribution in [2.45, 2.75) is 13.3 Å². The highest BCUT2D eigenvalue weighted by Crippen LogP contribution is 2.25. The highest BCUT2D eigenvalue weighted by atomic mass is 35.5. The Bertz CT molecular complexity index is 845. The minimum Gasteiger partial charge on any atom is -0.321 e. The lowest BCUT2D eigenvalue weighted by Crippen LogP contribution is -2.14. The molecule has 0 unspecified atom stereocenters. The second-order valence-electron chi connectivity index (χ2n) is 4.80. The van der Waals surface area contributed by atoms with Gasteiger partial charge < -0.3 is 9.88 Å². The molecule has 1 amide bonds. The van der Waals surface area contributed by atoms with E-state index < -0.39 is 5.82 Å². The number of rotatable bonds is 4.